The Morgan fingerprint density at radius 1 is 1.37 bits per heavy atom. The highest BCUT2D eigenvalue weighted by Gasteiger charge is 2.52. The molecule has 4 amide bonds. The first-order chi connectivity index (χ1) is 14.4. The lowest BCUT2D eigenvalue weighted by molar-refractivity contribution is -0.139. The molecule has 1 aliphatic heterocycles. The van der Waals surface area contributed by atoms with Gasteiger partial charge in [0.05, 0.1) is 12.0 Å². The van der Waals surface area contributed by atoms with Crippen LogP contribution in [0.25, 0.3) is 11.6 Å². The molecular formula is C19H24N6O4S. The summed E-state index contributed by atoms with van der Waals surface area (Å²) in [7, 11) is 0. The maximum absolute atomic E-state index is 12.8. The van der Waals surface area contributed by atoms with Crippen molar-refractivity contribution in [3.63, 3.8) is 0 Å². The zero-order valence-electron chi connectivity index (χ0n) is 16.9. The van der Waals surface area contributed by atoms with E-state index >= 15 is 0 Å². The molecule has 2 N–H and O–H groups in total. The van der Waals surface area contributed by atoms with Crippen LogP contribution in [-0.4, -0.2) is 48.9 Å². The number of thioether (sulfide) groups is 1. The molecule has 0 atom stereocenters. The number of nitrogens with one attached hydrogen (secondary N) is 2. The van der Waals surface area contributed by atoms with Crippen molar-refractivity contribution < 1.29 is 18.8 Å². The molecule has 2 fully saturated rings. The molecule has 0 radical (unpaired) electrons. The number of imide groups is 1. The zero-order chi connectivity index (χ0) is 21.3. The second-order valence-corrected chi connectivity index (χ2v) is 8.63. The molecule has 1 saturated carbocycles. The number of carbonyl (C=O) groups excluding carboxylic acids is 3. The fourth-order valence-electron chi connectivity index (χ4n) is 3.87. The highest BCUT2D eigenvalue weighted by molar-refractivity contribution is 7.99. The number of rotatable bonds is 6. The molecule has 11 heteroatoms. The van der Waals surface area contributed by atoms with E-state index in [-0.39, 0.29) is 11.7 Å². The molecule has 3 heterocycles. The first kappa shape index (κ1) is 20.5. The van der Waals surface area contributed by atoms with E-state index in [2.05, 4.69) is 27.9 Å². The largest absolute Gasteiger partial charge is 0.461 e. The van der Waals surface area contributed by atoms with Gasteiger partial charge < -0.3 is 9.73 Å². The van der Waals surface area contributed by atoms with Crippen molar-refractivity contribution >= 4 is 29.6 Å². The van der Waals surface area contributed by atoms with Gasteiger partial charge in [-0.1, -0.05) is 18.7 Å². The third-order valence-corrected chi connectivity index (χ3v) is 6.60. The highest BCUT2D eigenvalue weighted by atomic mass is 32.2. The Balaban J connectivity index is 1.38. The van der Waals surface area contributed by atoms with Crippen molar-refractivity contribution in [1.29, 1.82) is 0 Å². The Morgan fingerprint density at radius 3 is 2.80 bits per heavy atom. The standard InChI is InChI=1S/C19H24N6O4S/c1-3-24-15(13-5-4-10-29-13)21-22-18(24)30-11-14(26)23-25-16(27)19(20-17(25)28)8-6-12(2)7-9-19/h4-5,10,12H,3,6-9,11H2,1-2H3,(H,20,28)(H,23,26). The summed E-state index contributed by atoms with van der Waals surface area (Å²) < 4.78 is 7.21. The molecule has 160 valence electrons. The Bertz CT molecular complexity index is 948. The van der Waals surface area contributed by atoms with Gasteiger partial charge in [0, 0.05) is 6.54 Å². The topological polar surface area (TPSA) is 122 Å². The minimum atomic E-state index is -0.885. The summed E-state index contributed by atoms with van der Waals surface area (Å²) >= 11 is 1.18. The van der Waals surface area contributed by atoms with Gasteiger partial charge in [-0.05, 0) is 50.7 Å². The van der Waals surface area contributed by atoms with Crippen molar-refractivity contribution in [3.8, 4) is 11.6 Å². The third-order valence-electron chi connectivity index (χ3n) is 5.63. The molecule has 1 aliphatic carbocycles. The maximum Gasteiger partial charge on any atom is 0.344 e. The predicted octanol–water partition coefficient (Wildman–Crippen LogP) is 2.18. The smallest absolute Gasteiger partial charge is 0.344 e. The molecule has 10 nitrogen and oxygen atoms in total. The summed E-state index contributed by atoms with van der Waals surface area (Å²) in [5, 5.41) is 12.4. The van der Waals surface area contributed by atoms with Crippen LogP contribution in [0, 0.1) is 5.92 Å². The number of amides is 4. The molecule has 1 saturated heterocycles. The second-order valence-electron chi connectivity index (χ2n) is 7.69. The molecule has 30 heavy (non-hydrogen) atoms. The first-order valence-corrected chi connectivity index (χ1v) is 11.0. The van der Waals surface area contributed by atoms with Crippen LogP contribution in [0.3, 0.4) is 0 Å². The van der Waals surface area contributed by atoms with Gasteiger partial charge in [0.15, 0.2) is 16.7 Å². The predicted molar refractivity (Wildman–Crippen MR) is 108 cm³/mol. The molecule has 2 aromatic rings. The van der Waals surface area contributed by atoms with Gasteiger partial charge in [-0.3, -0.25) is 19.6 Å². The van der Waals surface area contributed by atoms with Crippen molar-refractivity contribution in [2.45, 2.75) is 56.8 Å². The Labute approximate surface area is 177 Å². The number of urea groups is 1. The fourth-order valence-corrected chi connectivity index (χ4v) is 4.67. The number of hydrogen-bond acceptors (Lipinski definition) is 7. The van der Waals surface area contributed by atoms with E-state index in [1.807, 2.05) is 11.5 Å². The molecule has 0 aromatic carbocycles. The maximum atomic E-state index is 12.8. The molecule has 0 unspecified atom stereocenters. The summed E-state index contributed by atoms with van der Waals surface area (Å²) in [6.07, 6.45) is 4.48. The van der Waals surface area contributed by atoms with Crippen LogP contribution >= 0.6 is 11.8 Å². The van der Waals surface area contributed by atoms with Gasteiger partial charge in [-0.25, -0.2) is 4.79 Å². The number of hydrogen-bond donors (Lipinski definition) is 2. The van der Waals surface area contributed by atoms with E-state index in [0.29, 0.717) is 42.0 Å². The lowest BCUT2D eigenvalue weighted by Crippen LogP contribution is -2.51. The van der Waals surface area contributed by atoms with E-state index in [4.69, 9.17) is 4.42 Å². The van der Waals surface area contributed by atoms with Crippen LogP contribution < -0.4 is 10.7 Å². The van der Waals surface area contributed by atoms with Gasteiger partial charge in [0.1, 0.15) is 5.54 Å². The lowest BCUT2D eigenvalue weighted by atomic mass is 9.77. The fraction of sp³-hybridized carbons (Fsp3) is 0.526. The monoisotopic (exact) mass is 432 g/mol. The summed E-state index contributed by atoms with van der Waals surface area (Å²) in [6.45, 7) is 4.68. The van der Waals surface area contributed by atoms with Gasteiger partial charge in [0.2, 0.25) is 5.91 Å². The highest BCUT2D eigenvalue weighted by Crippen LogP contribution is 2.35. The molecule has 2 aromatic heterocycles. The lowest BCUT2D eigenvalue weighted by Gasteiger charge is -2.33. The average molecular weight is 433 g/mol. The summed E-state index contributed by atoms with van der Waals surface area (Å²) in [5.41, 5.74) is 1.55. The van der Waals surface area contributed by atoms with Crippen LogP contribution in [0.15, 0.2) is 28.0 Å². The summed E-state index contributed by atoms with van der Waals surface area (Å²) in [4.78, 5) is 37.6. The van der Waals surface area contributed by atoms with Crippen LogP contribution in [-0.2, 0) is 16.1 Å². The van der Waals surface area contributed by atoms with E-state index in [9.17, 15) is 14.4 Å². The van der Waals surface area contributed by atoms with Crippen molar-refractivity contribution in [1.82, 2.24) is 30.5 Å². The SMILES string of the molecule is CCn1c(SCC(=O)NN2C(=O)NC3(CCC(C)CC3)C2=O)nnc1-c1ccco1. The second kappa shape index (κ2) is 8.13. The third kappa shape index (κ3) is 3.69. The number of aromatic nitrogens is 3. The van der Waals surface area contributed by atoms with Crippen LogP contribution in [0.2, 0.25) is 0 Å². The molecule has 2 aliphatic rings. The zero-order valence-corrected chi connectivity index (χ0v) is 17.7. The number of carbonyl (C=O) groups is 3. The normalized spacial score (nSPS) is 23.8. The van der Waals surface area contributed by atoms with Gasteiger partial charge in [0.25, 0.3) is 5.91 Å². The Kier molecular flexibility index (Phi) is 5.54. The van der Waals surface area contributed by atoms with Gasteiger partial charge >= 0.3 is 6.03 Å². The van der Waals surface area contributed by atoms with Crippen LogP contribution in [0.1, 0.15) is 39.5 Å². The van der Waals surface area contributed by atoms with E-state index in [1.165, 1.54) is 11.8 Å². The van der Waals surface area contributed by atoms with E-state index in [0.717, 1.165) is 17.9 Å². The first-order valence-electron chi connectivity index (χ1n) is 9.99. The summed E-state index contributed by atoms with van der Waals surface area (Å²) in [5.74, 6) is 0.837. The van der Waals surface area contributed by atoms with Gasteiger partial charge in [-0.2, -0.15) is 5.01 Å². The quantitative estimate of drug-likeness (QED) is 0.530. The van der Waals surface area contributed by atoms with E-state index in [1.54, 1.807) is 18.4 Å². The van der Waals surface area contributed by atoms with Crippen LogP contribution in [0.4, 0.5) is 4.79 Å². The average Bonchev–Trinajstić information content (AvgIpc) is 3.44. The van der Waals surface area contributed by atoms with E-state index < -0.39 is 17.5 Å². The minimum absolute atomic E-state index is 0.0165. The number of nitrogens with zero attached hydrogens (tertiary/aromatic N) is 4. The number of hydrazine groups is 1. The Hall–Kier alpha value is -2.82. The minimum Gasteiger partial charge on any atom is -0.461 e. The van der Waals surface area contributed by atoms with Crippen molar-refractivity contribution in [2.75, 3.05) is 5.75 Å². The van der Waals surface area contributed by atoms with Crippen molar-refractivity contribution in [2.24, 2.45) is 5.92 Å². The molecule has 0 bridgehead atoms. The van der Waals surface area contributed by atoms with Crippen LogP contribution in [0.5, 0.6) is 0 Å². The molecule has 1 spiro atoms. The summed E-state index contributed by atoms with van der Waals surface area (Å²) in [6, 6.07) is 2.98. The Morgan fingerprint density at radius 2 is 2.13 bits per heavy atom. The van der Waals surface area contributed by atoms with Gasteiger partial charge in [-0.15, -0.1) is 10.2 Å². The molecular weight excluding hydrogens is 408 g/mol. The number of furan rings is 1. The van der Waals surface area contributed by atoms with Crippen molar-refractivity contribution in [3.05, 3.63) is 18.4 Å². The molecule has 4 rings (SSSR count).